The van der Waals surface area contributed by atoms with E-state index in [4.69, 9.17) is 4.74 Å². The first kappa shape index (κ1) is 24.4. The summed E-state index contributed by atoms with van der Waals surface area (Å²) in [5.74, 6) is 0.300. The molecule has 0 spiro atoms. The van der Waals surface area contributed by atoms with Crippen LogP contribution in [0.15, 0.2) is 88.5 Å². The van der Waals surface area contributed by atoms with Crippen LogP contribution in [0.5, 0.6) is 5.75 Å². The third-order valence-electron chi connectivity index (χ3n) is 6.38. The Morgan fingerprint density at radius 3 is 2.28 bits per heavy atom. The third kappa shape index (κ3) is 4.74. The van der Waals surface area contributed by atoms with Gasteiger partial charge in [0, 0.05) is 43.0 Å². The Hall–Kier alpha value is -3.27. The van der Waals surface area contributed by atoms with E-state index in [0.29, 0.717) is 24.4 Å². The van der Waals surface area contributed by atoms with Gasteiger partial charge in [-0.15, -0.1) is 0 Å². The number of rotatable bonds is 5. The van der Waals surface area contributed by atoms with E-state index in [-0.39, 0.29) is 23.9 Å². The van der Waals surface area contributed by atoms with E-state index in [0.717, 1.165) is 26.4 Å². The molecule has 0 unspecified atom stereocenters. The number of piperazine rings is 1. The van der Waals surface area contributed by atoms with Gasteiger partial charge in [-0.05, 0) is 70.4 Å². The Morgan fingerprint density at radius 1 is 0.861 bits per heavy atom. The van der Waals surface area contributed by atoms with Crippen LogP contribution in [0, 0.1) is 0 Å². The molecule has 0 radical (unpaired) electrons. The molecule has 4 aromatic rings. The molecule has 7 nitrogen and oxygen atoms in total. The molecular weight excluding hydrogens is 542 g/mol. The normalized spacial score (nSPS) is 14.7. The van der Waals surface area contributed by atoms with Crippen molar-refractivity contribution in [3.63, 3.8) is 0 Å². The molecule has 2 heterocycles. The van der Waals surface area contributed by atoms with Gasteiger partial charge in [-0.2, -0.15) is 4.31 Å². The van der Waals surface area contributed by atoms with Gasteiger partial charge < -0.3 is 9.64 Å². The molecule has 1 saturated heterocycles. The minimum atomic E-state index is -3.67. The number of methoxy groups -OCH3 is 1. The second-order valence-electron chi connectivity index (χ2n) is 8.50. The summed E-state index contributed by atoms with van der Waals surface area (Å²) in [6.07, 6.45) is 3.43. The van der Waals surface area contributed by atoms with Crippen molar-refractivity contribution >= 4 is 42.6 Å². The highest BCUT2D eigenvalue weighted by Gasteiger charge is 2.31. The van der Waals surface area contributed by atoms with E-state index in [2.05, 4.69) is 20.9 Å². The van der Waals surface area contributed by atoms with Crippen molar-refractivity contribution in [2.24, 2.45) is 0 Å². The quantitative estimate of drug-likeness (QED) is 0.346. The van der Waals surface area contributed by atoms with Crippen LogP contribution in [0.2, 0.25) is 0 Å². The number of carbonyl (C=O) groups is 1. The van der Waals surface area contributed by atoms with Crippen LogP contribution in [-0.4, -0.2) is 61.8 Å². The van der Waals surface area contributed by atoms with E-state index in [1.54, 1.807) is 35.5 Å². The molecule has 1 amide bonds. The second kappa shape index (κ2) is 10.0. The van der Waals surface area contributed by atoms with Crippen molar-refractivity contribution in [3.05, 3.63) is 89.2 Å². The average Bonchev–Trinajstić information content (AvgIpc) is 2.92. The summed E-state index contributed by atoms with van der Waals surface area (Å²) in [6.45, 7) is 1.05. The molecule has 1 fully saturated rings. The molecule has 0 bridgehead atoms. The third-order valence-corrected chi connectivity index (χ3v) is 8.77. The molecule has 184 valence electrons. The molecule has 0 saturated carbocycles. The number of aromatic nitrogens is 1. The van der Waals surface area contributed by atoms with Gasteiger partial charge in [0.25, 0.3) is 5.91 Å². The number of pyridine rings is 1. The highest BCUT2D eigenvalue weighted by atomic mass is 79.9. The lowest BCUT2D eigenvalue weighted by molar-refractivity contribution is 0.0694. The molecule has 0 N–H and O–H groups in total. The SMILES string of the molecule is COc1cc(-c2ccncc2)ccc1C(=O)N1CCN(S(=O)(=O)c2ccc3cc(Br)ccc3c2)CC1. The van der Waals surface area contributed by atoms with E-state index in [9.17, 15) is 13.2 Å². The lowest BCUT2D eigenvalue weighted by Crippen LogP contribution is -2.50. The number of hydrogen-bond acceptors (Lipinski definition) is 5. The van der Waals surface area contributed by atoms with Crippen molar-refractivity contribution in [2.45, 2.75) is 4.90 Å². The number of halogens is 1. The van der Waals surface area contributed by atoms with Crippen molar-refractivity contribution < 1.29 is 17.9 Å². The summed E-state index contributed by atoms with van der Waals surface area (Å²) in [7, 11) is -2.14. The maximum Gasteiger partial charge on any atom is 0.257 e. The van der Waals surface area contributed by atoms with Crippen LogP contribution < -0.4 is 4.74 Å². The maximum absolute atomic E-state index is 13.3. The molecule has 1 aliphatic rings. The smallest absolute Gasteiger partial charge is 0.257 e. The standard InChI is InChI=1S/C27H24BrN3O4S/c1-35-26-18-22(19-8-10-29-11-9-19)4-7-25(26)27(32)30-12-14-31(15-13-30)36(33,34)24-6-3-20-16-23(28)5-2-21(20)17-24/h2-11,16-18H,12-15H2,1H3. The van der Waals surface area contributed by atoms with Gasteiger partial charge in [0.1, 0.15) is 5.75 Å². The lowest BCUT2D eigenvalue weighted by Gasteiger charge is -2.34. The monoisotopic (exact) mass is 565 g/mol. The Balaban J connectivity index is 1.31. The number of hydrogen-bond donors (Lipinski definition) is 0. The summed E-state index contributed by atoms with van der Waals surface area (Å²) in [5.41, 5.74) is 2.35. The van der Waals surface area contributed by atoms with Crippen molar-refractivity contribution in [1.29, 1.82) is 0 Å². The molecular formula is C27H24BrN3O4S. The van der Waals surface area contributed by atoms with Crippen LogP contribution in [0.1, 0.15) is 10.4 Å². The number of nitrogens with zero attached hydrogens (tertiary/aromatic N) is 3. The first-order valence-corrected chi connectivity index (χ1v) is 13.7. The fourth-order valence-electron chi connectivity index (χ4n) is 4.40. The fourth-order valence-corrected chi connectivity index (χ4v) is 6.23. The molecule has 0 aliphatic carbocycles. The number of fused-ring (bicyclic) bond motifs is 1. The zero-order valence-corrected chi connectivity index (χ0v) is 22.0. The van der Waals surface area contributed by atoms with Crippen LogP contribution in [-0.2, 0) is 10.0 Å². The Bertz CT molecular complexity index is 1540. The zero-order chi connectivity index (χ0) is 25.3. The first-order valence-electron chi connectivity index (χ1n) is 11.4. The fraction of sp³-hybridized carbons (Fsp3) is 0.185. The highest BCUT2D eigenvalue weighted by Crippen LogP contribution is 2.29. The van der Waals surface area contributed by atoms with Gasteiger partial charge in [0.05, 0.1) is 17.6 Å². The molecule has 9 heteroatoms. The van der Waals surface area contributed by atoms with Crippen LogP contribution >= 0.6 is 15.9 Å². The summed E-state index contributed by atoms with van der Waals surface area (Å²) in [4.78, 5) is 19.3. The number of ether oxygens (including phenoxy) is 1. The predicted octanol–water partition coefficient (Wildman–Crippen LogP) is 4.82. The number of sulfonamides is 1. The second-order valence-corrected chi connectivity index (χ2v) is 11.4. The molecule has 0 atom stereocenters. The van der Waals surface area contributed by atoms with Crippen LogP contribution in [0.4, 0.5) is 0 Å². The van der Waals surface area contributed by atoms with E-state index < -0.39 is 10.0 Å². The van der Waals surface area contributed by atoms with Crippen LogP contribution in [0.3, 0.4) is 0 Å². The van der Waals surface area contributed by atoms with E-state index in [1.165, 1.54) is 11.4 Å². The number of amides is 1. The largest absolute Gasteiger partial charge is 0.496 e. The zero-order valence-electron chi connectivity index (χ0n) is 19.6. The number of carbonyl (C=O) groups excluding carboxylic acids is 1. The Labute approximate surface area is 218 Å². The van der Waals surface area contributed by atoms with Gasteiger partial charge in [-0.1, -0.05) is 34.1 Å². The first-order chi connectivity index (χ1) is 17.4. The van der Waals surface area contributed by atoms with Crippen molar-refractivity contribution in [2.75, 3.05) is 33.3 Å². The van der Waals surface area contributed by atoms with Gasteiger partial charge >= 0.3 is 0 Å². The van der Waals surface area contributed by atoms with Gasteiger partial charge in [0.15, 0.2) is 0 Å². The summed E-state index contributed by atoms with van der Waals surface area (Å²) in [5, 5.41) is 1.82. The maximum atomic E-state index is 13.3. The van der Waals surface area contributed by atoms with E-state index in [1.807, 2.05) is 48.5 Å². The minimum absolute atomic E-state index is 0.179. The summed E-state index contributed by atoms with van der Waals surface area (Å²) >= 11 is 3.44. The Kier molecular flexibility index (Phi) is 6.79. The molecule has 1 aromatic heterocycles. The highest BCUT2D eigenvalue weighted by molar-refractivity contribution is 9.10. The lowest BCUT2D eigenvalue weighted by atomic mass is 10.0. The molecule has 5 rings (SSSR count). The molecule has 36 heavy (non-hydrogen) atoms. The average molecular weight is 566 g/mol. The van der Waals surface area contributed by atoms with Crippen molar-refractivity contribution in [3.8, 4) is 16.9 Å². The topological polar surface area (TPSA) is 79.8 Å². The summed E-state index contributed by atoms with van der Waals surface area (Å²) in [6, 6.07) is 20.1. The van der Waals surface area contributed by atoms with Crippen LogP contribution in [0.25, 0.3) is 21.9 Å². The summed E-state index contributed by atoms with van der Waals surface area (Å²) < 4.78 is 34.5. The number of benzene rings is 3. The minimum Gasteiger partial charge on any atom is -0.496 e. The van der Waals surface area contributed by atoms with Crippen molar-refractivity contribution in [1.82, 2.24) is 14.2 Å². The molecule has 3 aromatic carbocycles. The van der Waals surface area contributed by atoms with Gasteiger partial charge in [-0.3, -0.25) is 9.78 Å². The molecule has 1 aliphatic heterocycles. The predicted molar refractivity (Wildman–Crippen MR) is 143 cm³/mol. The van der Waals surface area contributed by atoms with Gasteiger partial charge in [-0.25, -0.2) is 8.42 Å². The Morgan fingerprint density at radius 2 is 1.56 bits per heavy atom. The van der Waals surface area contributed by atoms with Gasteiger partial charge in [0.2, 0.25) is 10.0 Å². The van der Waals surface area contributed by atoms with E-state index >= 15 is 0 Å².